The fraction of sp³-hybridized carbons (Fsp3) is 0. The summed E-state index contributed by atoms with van der Waals surface area (Å²) in [5.41, 5.74) is 4.74. The van der Waals surface area contributed by atoms with E-state index in [9.17, 15) is 0 Å². The molecule has 0 aliphatic carbocycles. The van der Waals surface area contributed by atoms with Gasteiger partial charge in [-0.1, -0.05) is 64.6 Å². The molecule has 0 fully saturated rings. The molecule has 4 N–H and O–H groups in total. The number of nitrogens with one attached hydrogen (secondary N) is 4. The molecule has 5 aliphatic rings. The Bertz CT molecular complexity index is 2250. The molecular weight excluding hydrogens is 512 g/mol. The van der Waals surface area contributed by atoms with Crippen molar-refractivity contribution < 1.29 is 0 Å². The van der Waals surface area contributed by atoms with Crippen molar-refractivity contribution in [2.24, 2.45) is 20.8 Å². The number of fused-ring (bicyclic) bond motifs is 18. The molecule has 2 aromatic heterocycles. The van der Waals surface area contributed by atoms with E-state index in [1.807, 2.05) is 78.0 Å². The van der Waals surface area contributed by atoms with Gasteiger partial charge in [-0.3, -0.25) is 0 Å². The van der Waals surface area contributed by atoms with Crippen molar-refractivity contribution in [2.45, 2.75) is 0 Å². The summed E-state index contributed by atoms with van der Waals surface area (Å²) in [6.07, 6.45) is 7.69. The predicted octanol–water partition coefficient (Wildman–Crippen LogP) is 1.98. The standard InChI is InChI=1S/C24H16N16/c1-3-9-15-13(7-1)18-25-19-14-8-2-4-10-16(14)21(27-19)29-23-24-30-33-34-35-38(24)40(32-23)36-39-31-22(28-20(15)26-18)17-11-5-6-12-37(17)39/h1-12,31-32,36H,(H,25,26,27,28,29). The maximum atomic E-state index is 4.98. The highest BCUT2D eigenvalue weighted by molar-refractivity contribution is 6.04. The first-order chi connectivity index (χ1) is 19.8. The van der Waals surface area contributed by atoms with E-state index in [1.165, 1.54) is 10.0 Å². The maximum Gasteiger partial charge on any atom is 0.245 e. The van der Waals surface area contributed by atoms with Crippen LogP contribution in [0.1, 0.15) is 0 Å². The van der Waals surface area contributed by atoms with E-state index in [0.29, 0.717) is 39.7 Å². The number of nitrogens with zero attached hydrogens (tertiary/aromatic N) is 12. The third kappa shape index (κ3) is 2.88. The summed E-state index contributed by atoms with van der Waals surface area (Å²) in [5, 5.41) is 30.4. The van der Waals surface area contributed by atoms with E-state index in [4.69, 9.17) is 19.9 Å². The van der Waals surface area contributed by atoms with Gasteiger partial charge >= 0.3 is 0 Å². The Morgan fingerprint density at radius 1 is 0.675 bits per heavy atom. The number of benzene rings is 2. The number of aromatic nitrogens is 10. The molecule has 0 amide bonds. The zero-order chi connectivity index (χ0) is 26.2. The van der Waals surface area contributed by atoms with Crippen molar-refractivity contribution in [2.75, 3.05) is 10.1 Å². The van der Waals surface area contributed by atoms with Crippen LogP contribution in [0, 0.1) is 0 Å². The van der Waals surface area contributed by atoms with Crippen molar-refractivity contribution in [3.05, 3.63) is 83.9 Å². The first-order valence-corrected chi connectivity index (χ1v) is 12.3. The van der Waals surface area contributed by atoms with Crippen LogP contribution in [0.4, 0.5) is 0 Å². The molecule has 0 unspecified atom stereocenters. The molecule has 192 valence electrons. The third-order valence-corrected chi connectivity index (χ3v) is 6.76. The zero-order valence-electron chi connectivity index (χ0n) is 20.3. The zero-order valence-corrected chi connectivity index (χ0v) is 20.3. The van der Waals surface area contributed by atoms with E-state index in [0.717, 1.165) is 27.6 Å². The minimum absolute atomic E-state index is 0.323. The van der Waals surface area contributed by atoms with Crippen LogP contribution in [-0.2, 0) is 0 Å². The number of allylic oxidation sites excluding steroid dienone is 2. The molecule has 0 saturated carbocycles. The lowest BCUT2D eigenvalue weighted by atomic mass is 10.1. The average Bonchev–Trinajstić information content (AvgIpc) is 3.73. The maximum absolute atomic E-state index is 4.98. The minimum atomic E-state index is 0.323. The van der Waals surface area contributed by atoms with Gasteiger partial charge in [0.05, 0.1) is 0 Å². The molecule has 9 rings (SSSR count). The lowest BCUT2D eigenvalue weighted by molar-refractivity contribution is 0.420. The van der Waals surface area contributed by atoms with E-state index >= 15 is 0 Å². The van der Waals surface area contributed by atoms with Crippen LogP contribution in [0.5, 0.6) is 0 Å². The Kier molecular flexibility index (Phi) is 3.94. The number of hydrogen-bond acceptors (Lipinski definition) is 10. The van der Waals surface area contributed by atoms with Gasteiger partial charge in [-0.05, 0) is 27.8 Å². The summed E-state index contributed by atoms with van der Waals surface area (Å²) in [7, 11) is 0. The molecule has 7 heterocycles. The van der Waals surface area contributed by atoms with Crippen LogP contribution in [0.2, 0.25) is 0 Å². The lowest BCUT2D eigenvalue weighted by Gasteiger charge is -2.20. The smallest absolute Gasteiger partial charge is 0.245 e. The van der Waals surface area contributed by atoms with E-state index in [-0.39, 0.29) is 0 Å². The molecule has 16 nitrogen and oxygen atoms in total. The second-order valence-electron chi connectivity index (χ2n) is 9.06. The van der Waals surface area contributed by atoms with Gasteiger partial charge in [0.1, 0.15) is 17.0 Å². The number of H-pyrrole nitrogens is 4. The van der Waals surface area contributed by atoms with E-state index in [2.05, 4.69) is 41.2 Å². The molecule has 16 heteroatoms. The number of rotatable bonds is 0. The second kappa shape index (κ2) is 7.60. The Hall–Kier alpha value is -6.32. The van der Waals surface area contributed by atoms with Crippen LogP contribution < -0.4 is 21.1 Å². The molecule has 0 radical (unpaired) electrons. The summed E-state index contributed by atoms with van der Waals surface area (Å²) < 4.78 is 0. The molecule has 0 atom stereocenters. The normalized spacial score (nSPS) is 15.4. The molecule has 0 saturated heterocycles. The fourth-order valence-electron chi connectivity index (χ4n) is 4.98. The minimum Gasteiger partial charge on any atom is -0.324 e. The fourth-order valence-corrected chi connectivity index (χ4v) is 4.98. The van der Waals surface area contributed by atoms with Crippen LogP contribution in [0.15, 0.2) is 93.7 Å². The van der Waals surface area contributed by atoms with Gasteiger partial charge in [-0.25, -0.2) is 35.1 Å². The molecule has 8 bridgehead atoms. The highest BCUT2D eigenvalue weighted by atomic mass is 16.0. The predicted molar refractivity (Wildman–Crippen MR) is 143 cm³/mol. The van der Waals surface area contributed by atoms with Gasteiger partial charge in [0.15, 0.2) is 22.6 Å². The SMILES string of the molecule is C1=CC2=c3nc4[nH]c(nc5nc(nc6[nH]n([nH]n([nH]3)N2C=C1)N1N=NN=NC=61)-c1ccccc1-5)c1ccccc41. The van der Waals surface area contributed by atoms with Crippen molar-refractivity contribution in [1.82, 2.24) is 50.1 Å². The summed E-state index contributed by atoms with van der Waals surface area (Å²) in [6, 6.07) is 15.8. The molecule has 4 aromatic rings. The van der Waals surface area contributed by atoms with Crippen LogP contribution in [0.3, 0.4) is 0 Å². The largest absolute Gasteiger partial charge is 0.324 e. The van der Waals surface area contributed by atoms with Crippen molar-refractivity contribution >= 4 is 33.6 Å². The third-order valence-electron chi connectivity index (χ3n) is 6.76. The molecular formula is C24H16N16. The highest BCUT2D eigenvalue weighted by Crippen LogP contribution is 2.33. The quantitative estimate of drug-likeness (QED) is 0.238. The first kappa shape index (κ1) is 20.7. The Balaban J connectivity index is 1.48. The summed E-state index contributed by atoms with van der Waals surface area (Å²) in [6.45, 7) is 0. The molecule has 0 spiro atoms. The number of aromatic amines is 4. The molecule has 5 aliphatic heterocycles. The van der Waals surface area contributed by atoms with E-state index < -0.39 is 0 Å². The van der Waals surface area contributed by atoms with Gasteiger partial charge < -0.3 is 4.98 Å². The van der Waals surface area contributed by atoms with Gasteiger partial charge in [0.2, 0.25) is 5.82 Å². The summed E-state index contributed by atoms with van der Waals surface area (Å²) >= 11 is 0. The van der Waals surface area contributed by atoms with Crippen LogP contribution in [0.25, 0.3) is 56.4 Å². The summed E-state index contributed by atoms with van der Waals surface area (Å²) in [5.74, 6) is 1.31. The molecule has 2 aromatic carbocycles. The Morgan fingerprint density at radius 2 is 1.43 bits per heavy atom. The van der Waals surface area contributed by atoms with Crippen molar-refractivity contribution in [3.63, 3.8) is 0 Å². The van der Waals surface area contributed by atoms with Crippen molar-refractivity contribution in [1.29, 1.82) is 0 Å². The first-order valence-electron chi connectivity index (χ1n) is 12.3. The molecule has 40 heavy (non-hydrogen) atoms. The van der Waals surface area contributed by atoms with Gasteiger partial charge in [0.25, 0.3) is 0 Å². The van der Waals surface area contributed by atoms with E-state index in [1.54, 1.807) is 4.91 Å². The lowest BCUT2D eigenvalue weighted by Crippen LogP contribution is -2.34. The number of hydrogen-bond donors (Lipinski definition) is 4. The Labute approximate surface area is 221 Å². The second-order valence-corrected chi connectivity index (χ2v) is 9.06. The van der Waals surface area contributed by atoms with Crippen molar-refractivity contribution in [3.8, 4) is 22.8 Å². The summed E-state index contributed by atoms with van der Waals surface area (Å²) in [4.78, 5) is 26.1. The average molecular weight is 529 g/mol. The Morgan fingerprint density at radius 3 is 2.27 bits per heavy atom. The van der Waals surface area contributed by atoms with Gasteiger partial charge in [0, 0.05) is 28.1 Å². The van der Waals surface area contributed by atoms with Crippen LogP contribution >= 0.6 is 0 Å². The van der Waals surface area contributed by atoms with Crippen LogP contribution in [-0.4, -0.2) is 50.1 Å². The monoisotopic (exact) mass is 528 g/mol. The topological polar surface area (TPSA) is 180 Å². The van der Waals surface area contributed by atoms with Gasteiger partial charge in [-0.2, -0.15) is 5.21 Å². The van der Waals surface area contributed by atoms with Gasteiger partial charge in [-0.15, -0.1) is 10.0 Å². The highest BCUT2D eigenvalue weighted by Gasteiger charge is 2.25.